The van der Waals surface area contributed by atoms with Crippen LogP contribution in [0.5, 0.6) is 0 Å². The highest BCUT2D eigenvalue weighted by Gasteiger charge is 2.28. The molecule has 0 heterocycles. The fraction of sp³-hybridized carbons (Fsp3) is 0.647. The van der Waals surface area contributed by atoms with E-state index in [0.717, 1.165) is 44.5 Å². The van der Waals surface area contributed by atoms with E-state index >= 15 is 0 Å². The van der Waals surface area contributed by atoms with Crippen molar-refractivity contribution in [2.24, 2.45) is 0 Å². The van der Waals surface area contributed by atoms with Crippen LogP contribution < -0.4 is 10.2 Å². The van der Waals surface area contributed by atoms with Gasteiger partial charge in [0.1, 0.15) is 0 Å². The molecule has 0 atom stereocenters. The molecule has 20 heavy (non-hydrogen) atoms. The maximum Gasteiger partial charge on any atom is 0.0819 e. The summed E-state index contributed by atoms with van der Waals surface area (Å²) in [4.78, 5) is 2.33. The van der Waals surface area contributed by atoms with Gasteiger partial charge in [0, 0.05) is 31.0 Å². The Balaban J connectivity index is 1.90. The molecule has 0 spiro atoms. The fourth-order valence-electron chi connectivity index (χ4n) is 3.03. The summed E-state index contributed by atoms with van der Waals surface area (Å²) in [6.45, 7) is 7.08. The second-order valence-electron chi connectivity index (χ2n) is 5.86. The number of anilines is 2. The molecule has 0 aromatic heterocycles. The molecule has 1 aliphatic rings. The number of nitrogens with zero attached hydrogens (tertiary/aromatic N) is 1. The molecule has 1 aromatic carbocycles. The summed E-state index contributed by atoms with van der Waals surface area (Å²) in [5, 5.41) is 13.9. The van der Waals surface area contributed by atoms with E-state index < -0.39 is 5.60 Å². The quantitative estimate of drug-likeness (QED) is 0.832. The lowest BCUT2D eigenvalue weighted by Crippen LogP contribution is -2.38. The molecule has 0 unspecified atom stereocenters. The normalized spacial score (nSPS) is 17.8. The molecule has 0 radical (unpaired) electrons. The second kappa shape index (κ2) is 6.98. The number of hydrogen-bond donors (Lipinski definition) is 2. The maximum atomic E-state index is 10.5. The first-order valence-electron chi connectivity index (χ1n) is 7.98. The average molecular weight is 276 g/mol. The van der Waals surface area contributed by atoms with E-state index in [1.807, 2.05) is 0 Å². The second-order valence-corrected chi connectivity index (χ2v) is 5.86. The lowest BCUT2D eigenvalue weighted by molar-refractivity contribution is 0.0167. The average Bonchev–Trinajstić information content (AvgIpc) is 2.48. The molecule has 3 heteroatoms. The van der Waals surface area contributed by atoms with E-state index in [9.17, 15) is 5.11 Å². The highest BCUT2D eigenvalue weighted by atomic mass is 16.3. The summed E-state index contributed by atoms with van der Waals surface area (Å²) in [5.41, 5.74) is 1.85. The first-order chi connectivity index (χ1) is 9.67. The predicted octanol–water partition coefficient (Wildman–Crippen LogP) is 3.64. The van der Waals surface area contributed by atoms with Gasteiger partial charge in [-0.05, 0) is 51.0 Å². The molecule has 1 saturated carbocycles. The molecule has 3 nitrogen and oxygen atoms in total. The van der Waals surface area contributed by atoms with E-state index in [1.165, 1.54) is 12.1 Å². The largest absolute Gasteiger partial charge is 0.388 e. The summed E-state index contributed by atoms with van der Waals surface area (Å²) in [5.74, 6) is 0. The van der Waals surface area contributed by atoms with Crippen LogP contribution in [0.25, 0.3) is 0 Å². The molecule has 112 valence electrons. The van der Waals surface area contributed by atoms with Crippen LogP contribution in [0, 0.1) is 0 Å². The Morgan fingerprint density at radius 2 is 1.65 bits per heavy atom. The number of aliphatic hydroxyl groups is 1. The van der Waals surface area contributed by atoms with Crippen molar-refractivity contribution in [2.45, 2.75) is 51.6 Å². The number of hydrogen-bond acceptors (Lipinski definition) is 3. The standard InChI is InChI=1S/C17H28N2O/c1-3-19(4-2)16-10-8-15(9-11-16)18-14-17(20)12-6-5-7-13-17/h8-11,18,20H,3-7,12-14H2,1-2H3. The van der Waals surface area contributed by atoms with Crippen molar-refractivity contribution in [2.75, 3.05) is 29.9 Å². The Bertz CT molecular complexity index is 392. The Hall–Kier alpha value is -1.22. The Labute approximate surface area is 123 Å². The van der Waals surface area contributed by atoms with Gasteiger partial charge in [-0.25, -0.2) is 0 Å². The molecule has 1 fully saturated rings. The minimum absolute atomic E-state index is 0.504. The van der Waals surface area contributed by atoms with Crippen LogP contribution >= 0.6 is 0 Å². The van der Waals surface area contributed by atoms with E-state index in [4.69, 9.17) is 0 Å². The van der Waals surface area contributed by atoms with Gasteiger partial charge in [-0.15, -0.1) is 0 Å². The van der Waals surface area contributed by atoms with Crippen LogP contribution in [0.1, 0.15) is 46.0 Å². The zero-order valence-corrected chi connectivity index (χ0v) is 12.9. The van der Waals surface area contributed by atoms with E-state index in [1.54, 1.807) is 0 Å². The van der Waals surface area contributed by atoms with Gasteiger partial charge in [0.05, 0.1) is 5.60 Å². The van der Waals surface area contributed by atoms with Gasteiger partial charge >= 0.3 is 0 Å². The van der Waals surface area contributed by atoms with Crippen molar-refractivity contribution in [1.29, 1.82) is 0 Å². The summed E-state index contributed by atoms with van der Waals surface area (Å²) in [6.07, 6.45) is 5.42. The van der Waals surface area contributed by atoms with Crippen LogP contribution in [0.4, 0.5) is 11.4 Å². The van der Waals surface area contributed by atoms with Gasteiger partial charge in [-0.3, -0.25) is 0 Å². The number of nitrogens with one attached hydrogen (secondary N) is 1. The van der Waals surface area contributed by atoms with Gasteiger partial charge in [0.15, 0.2) is 0 Å². The van der Waals surface area contributed by atoms with Gasteiger partial charge in [0.25, 0.3) is 0 Å². The monoisotopic (exact) mass is 276 g/mol. The summed E-state index contributed by atoms with van der Waals surface area (Å²) < 4.78 is 0. The van der Waals surface area contributed by atoms with Crippen molar-refractivity contribution >= 4 is 11.4 Å². The summed E-state index contributed by atoms with van der Waals surface area (Å²) in [6, 6.07) is 8.53. The minimum Gasteiger partial charge on any atom is -0.388 e. The summed E-state index contributed by atoms with van der Waals surface area (Å²) >= 11 is 0. The molecular formula is C17H28N2O. The Morgan fingerprint density at radius 1 is 1.05 bits per heavy atom. The molecule has 2 rings (SSSR count). The van der Waals surface area contributed by atoms with Gasteiger partial charge in [-0.1, -0.05) is 19.3 Å². The van der Waals surface area contributed by atoms with E-state index in [2.05, 4.69) is 48.3 Å². The van der Waals surface area contributed by atoms with Gasteiger partial charge in [0.2, 0.25) is 0 Å². The first kappa shape index (κ1) is 15.2. The Morgan fingerprint density at radius 3 is 2.20 bits per heavy atom. The van der Waals surface area contributed by atoms with Crippen LogP contribution in [0.2, 0.25) is 0 Å². The van der Waals surface area contributed by atoms with Gasteiger partial charge in [-0.2, -0.15) is 0 Å². The molecular weight excluding hydrogens is 248 g/mol. The zero-order valence-electron chi connectivity index (χ0n) is 12.9. The van der Waals surface area contributed by atoms with Crippen molar-refractivity contribution in [3.63, 3.8) is 0 Å². The van der Waals surface area contributed by atoms with Crippen LogP contribution in [-0.4, -0.2) is 30.3 Å². The lowest BCUT2D eigenvalue weighted by atomic mass is 9.85. The van der Waals surface area contributed by atoms with Crippen LogP contribution in [0.3, 0.4) is 0 Å². The molecule has 1 aliphatic carbocycles. The zero-order chi connectivity index (χ0) is 14.4. The van der Waals surface area contributed by atoms with Crippen molar-refractivity contribution in [3.05, 3.63) is 24.3 Å². The molecule has 0 amide bonds. The highest BCUT2D eigenvalue weighted by Crippen LogP contribution is 2.28. The van der Waals surface area contributed by atoms with Crippen LogP contribution in [0.15, 0.2) is 24.3 Å². The first-order valence-corrected chi connectivity index (χ1v) is 7.98. The third-order valence-corrected chi connectivity index (χ3v) is 4.40. The van der Waals surface area contributed by atoms with E-state index in [-0.39, 0.29) is 0 Å². The molecule has 0 saturated heterocycles. The SMILES string of the molecule is CCN(CC)c1ccc(NCC2(O)CCCCC2)cc1. The third-order valence-electron chi connectivity index (χ3n) is 4.40. The van der Waals surface area contributed by atoms with Crippen molar-refractivity contribution in [1.82, 2.24) is 0 Å². The van der Waals surface area contributed by atoms with Crippen LogP contribution in [-0.2, 0) is 0 Å². The summed E-state index contributed by atoms with van der Waals surface area (Å²) in [7, 11) is 0. The lowest BCUT2D eigenvalue weighted by Gasteiger charge is -2.32. The molecule has 0 bridgehead atoms. The van der Waals surface area contributed by atoms with E-state index in [0.29, 0.717) is 6.54 Å². The van der Waals surface area contributed by atoms with Crippen molar-refractivity contribution < 1.29 is 5.11 Å². The Kier molecular flexibility index (Phi) is 5.30. The van der Waals surface area contributed by atoms with Crippen molar-refractivity contribution in [3.8, 4) is 0 Å². The smallest absolute Gasteiger partial charge is 0.0819 e. The minimum atomic E-state index is -0.504. The maximum absolute atomic E-state index is 10.5. The fourth-order valence-corrected chi connectivity index (χ4v) is 3.03. The molecule has 0 aliphatic heterocycles. The molecule has 2 N–H and O–H groups in total. The molecule has 1 aromatic rings. The van der Waals surface area contributed by atoms with Gasteiger partial charge < -0.3 is 15.3 Å². The highest BCUT2D eigenvalue weighted by molar-refractivity contribution is 5.55. The third kappa shape index (κ3) is 3.89. The topological polar surface area (TPSA) is 35.5 Å². The number of benzene rings is 1. The predicted molar refractivity (Wildman–Crippen MR) is 86.5 cm³/mol. The number of rotatable bonds is 6.